The number of esters is 5. The topological polar surface area (TPSA) is 220 Å². The minimum absolute atomic E-state index is 0.559. The molecule has 0 bridgehead atoms. The monoisotopic (exact) mass is 552 g/mol. The molecule has 0 aliphatic carbocycles. The van der Waals surface area contributed by atoms with Gasteiger partial charge in [0.05, 0.1) is 6.61 Å². The van der Waals surface area contributed by atoms with Crippen molar-refractivity contribution in [2.75, 3.05) is 19.8 Å². The van der Waals surface area contributed by atoms with Crippen LogP contribution in [0.25, 0.3) is 0 Å². The summed E-state index contributed by atoms with van der Waals surface area (Å²) in [7, 11) is 0. The van der Waals surface area contributed by atoms with Crippen molar-refractivity contribution >= 4 is 29.8 Å². The molecule has 2 fully saturated rings. The van der Waals surface area contributed by atoms with Crippen LogP contribution >= 0.6 is 0 Å². The third-order valence-corrected chi connectivity index (χ3v) is 5.43. The number of rotatable bonds is 10. The Hall–Kier alpha value is -2.89. The van der Waals surface area contributed by atoms with Gasteiger partial charge in [-0.05, 0) is 0 Å². The fourth-order valence-corrected chi connectivity index (χ4v) is 4.06. The van der Waals surface area contributed by atoms with Crippen molar-refractivity contribution < 1.29 is 77.2 Å². The molecule has 0 amide bonds. The lowest BCUT2D eigenvalue weighted by Crippen LogP contribution is -2.65. The van der Waals surface area contributed by atoms with Gasteiger partial charge in [-0.1, -0.05) is 0 Å². The minimum Gasteiger partial charge on any atom is -0.463 e. The second kappa shape index (κ2) is 13.3. The van der Waals surface area contributed by atoms with Gasteiger partial charge in [0, 0.05) is 34.6 Å². The highest BCUT2D eigenvalue weighted by Gasteiger charge is 2.63. The number of carbonyl (C=O) groups is 5. The van der Waals surface area contributed by atoms with Crippen LogP contribution in [0.2, 0.25) is 0 Å². The molecule has 2 rings (SSSR count). The summed E-state index contributed by atoms with van der Waals surface area (Å²) in [6.07, 6.45) is -12.8. The molecule has 2 saturated heterocycles. The van der Waals surface area contributed by atoms with Gasteiger partial charge in [-0.2, -0.15) is 0 Å². The van der Waals surface area contributed by atoms with E-state index in [9.17, 15) is 39.3 Å². The Morgan fingerprint density at radius 3 is 1.74 bits per heavy atom. The minimum atomic E-state index is -2.39. The predicted molar refractivity (Wildman–Crippen MR) is 116 cm³/mol. The molecule has 0 radical (unpaired) electrons. The highest BCUT2D eigenvalue weighted by Crippen LogP contribution is 2.40. The lowest BCUT2D eigenvalue weighted by atomic mass is 9.98. The van der Waals surface area contributed by atoms with Crippen LogP contribution < -0.4 is 0 Å². The van der Waals surface area contributed by atoms with Gasteiger partial charge >= 0.3 is 29.8 Å². The summed E-state index contributed by atoms with van der Waals surface area (Å²) < 4.78 is 42.9. The molecule has 9 atom stereocenters. The standard InChI is InChI=1S/C22H32O16/c1-9(25)31-7-15-16(30)18(33-11(3)27)19(34-12(4)28)21(36-15)38-22(8-24)20(35-13(5)29)17(32-10(2)26)14(6-23)37-22/h14-21,23-24,30H,6-8H2,1-5H3/t14-,15-,16-,17-,18+,19-,20-,21+,22-/m0/s1. The highest BCUT2D eigenvalue weighted by molar-refractivity contribution is 5.68. The summed E-state index contributed by atoms with van der Waals surface area (Å²) in [4.78, 5) is 58.6. The third-order valence-electron chi connectivity index (χ3n) is 5.43. The summed E-state index contributed by atoms with van der Waals surface area (Å²) in [5.41, 5.74) is 0. The number of ether oxygens (including phenoxy) is 8. The first kappa shape index (κ1) is 31.3. The van der Waals surface area contributed by atoms with Crippen molar-refractivity contribution in [3.8, 4) is 0 Å². The Labute approximate surface area is 216 Å². The van der Waals surface area contributed by atoms with E-state index in [4.69, 9.17) is 37.9 Å². The number of carbonyl (C=O) groups excluding carboxylic acids is 5. The van der Waals surface area contributed by atoms with Gasteiger partial charge in [0.15, 0.2) is 24.4 Å². The van der Waals surface area contributed by atoms with E-state index >= 15 is 0 Å². The smallest absolute Gasteiger partial charge is 0.303 e. The zero-order valence-electron chi connectivity index (χ0n) is 21.4. The van der Waals surface area contributed by atoms with Crippen LogP contribution in [0.3, 0.4) is 0 Å². The van der Waals surface area contributed by atoms with E-state index in [0.29, 0.717) is 0 Å². The lowest BCUT2D eigenvalue weighted by molar-refractivity contribution is -0.384. The van der Waals surface area contributed by atoms with Gasteiger partial charge in [-0.3, -0.25) is 24.0 Å². The fourth-order valence-electron chi connectivity index (χ4n) is 4.06. The van der Waals surface area contributed by atoms with E-state index in [1.54, 1.807) is 0 Å². The molecule has 0 saturated carbocycles. The molecular formula is C22H32O16. The number of aliphatic hydroxyl groups is 3. The van der Waals surface area contributed by atoms with Crippen LogP contribution in [0.5, 0.6) is 0 Å². The maximum Gasteiger partial charge on any atom is 0.303 e. The van der Waals surface area contributed by atoms with Crippen molar-refractivity contribution in [2.45, 2.75) is 89.4 Å². The summed E-state index contributed by atoms with van der Waals surface area (Å²) in [6, 6.07) is 0. The van der Waals surface area contributed by atoms with Crippen LogP contribution in [0.4, 0.5) is 0 Å². The molecule has 16 nitrogen and oxygen atoms in total. The molecule has 38 heavy (non-hydrogen) atoms. The fraction of sp³-hybridized carbons (Fsp3) is 0.773. The number of aliphatic hydroxyl groups excluding tert-OH is 3. The highest BCUT2D eigenvalue weighted by atomic mass is 16.8. The lowest BCUT2D eigenvalue weighted by Gasteiger charge is -2.45. The van der Waals surface area contributed by atoms with E-state index in [1.807, 2.05) is 0 Å². The molecule has 0 aromatic heterocycles. The van der Waals surface area contributed by atoms with Gasteiger partial charge in [-0.15, -0.1) is 0 Å². The molecule has 0 unspecified atom stereocenters. The Morgan fingerprint density at radius 1 is 0.737 bits per heavy atom. The van der Waals surface area contributed by atoms with Crippen molar-refractivity contribution in [3.05, 3.63) is 0 Å². The van der Waals surface area contributed by atoms with Crippen LogP contribution in [-0.4, -0.2) is 120 Å². The summed E-state index contributed by atoms with van der Waals surface area (Å²) in [6.45, 7) is 2.76. The molecule has 0 spiro atoms. The molecule has 0 aromatic carbocycles. The van der Waals surface area contributed by atoms with Crippen molar-refractivity contribution in [1.82, 2.24) is 0 Å². The van der Waals surface area contributed by atoms with Crippen LogP contribution in [0.15, 0.2) is 0 Å². The van der Waals surface area contributed by atoms with Gasteiger partial charge < -0.3 is 53.2 Å². The average Bonchev–Trinajstić information content (AvgIpc) is 3.08. The zero-order chi connectivity index (χ0) is 28.8. The maximum absolute atomic E-state index is 11.9. The van der Waals surface area contributed by atoms with E-state index in [-0.39, 0.29) is 0 Å². The van der Waals surface area contributed by atoms with Gasteiger partial charge in [0.25, 0.3) is 0 Å². The van der Waals surface area contributed by atoms with E-state index in [2.05, 4.69) is 0 Å². The summed E-state index contributed by atoms with van der Waals surface area (Å²) in [5.74, 6) is -6.67. The predicted octanol–water partition coefficient (Wildman–Crippen LogP) is -2.54. The molecule has 2 aliphatic heterocycles. The van der Waals surface area contributed by atoms with Crippen molar-refractivity contribution in [3.63, 3.8) is 0 Å². The molecule has 0 aromatic rings. The first-order chi connectivity index (χ1) is 17.7. The first-order valence-electron chi connectivity index (χ1n) is 11.5. The van der Waals surface area contributed by atoms with Gasteiger partial charge in [0.1, 0.15) is 31.5 Å². The van der Waals surface area contributed by atoms with Crippen LogP contribution in [-0.2, 0) is 61.9 Å². The van der Waals surface area contributed by atoms with E-state index < -0.39 is 104 Å². The first-order valence-corrected chi connectivity index (χ1v) is 11.5. The normalized spacial score (nSPS) is 34.6. The van der Waals surface area contributed by atoms with Crippen LogP contribution in [0.1, 0.15) is 34.6 Å². The molecule has 2 aliphatic rings. The molecule has 216 valence electrons. The van der Waals surface area contributed by atoms with Crippen molar-refractivity contribution in [1.29, 1.82) is 0 Å². The molecule has 2 heterocycles. The number of hydrogen-bond acceptors (Lipinski definition) is 16. The quantitative estimate of drug-likeness (QED) is 0.188. The Balaban J connectivity index is 2.55. The van der Waals surface area contributed by atoms with Gasteiger partial charge in [-0.25, -0.2) is 0 Å². The van der Waals surface area contributed by atoms with Gasteiger partial charge in [0.2, 0.25) is 12.1 Å². The van der Waals surface area contributed by atoms with E-state index in [1.165, 1.54) is 0 Å². The summed E-state index contributed by atoms with van der Waals surface area (Å²) >= 11 is 0. The maximum atomic E-state index is 11.9. The molecule has 3 N–H and O–H groups in total. The Morgan fingerprint density at radius 2 is 1.26 bits per heavy atom. The van der Waals surface area contributed by atoms with Crippen LogP contribution in [0, 0.1) is 0 Å². The summed E-state index contributed by atoms with van der Waals surface area (Å²) in [5, 5.41) is 30.9. The SMILES string of the molecule is CC(=O)OC[C@@H]1O[C@H](O[C@]2(CO)O[C@@H](CO)[C@H](OC(C)=O)[C@@H]2OC(C)=O)[C@@H](OC(C)=O)[C@H](OC(C)=O)[C@H]1O. The van der Waals surface area contributed by atoms with Crippen molar-refractivity contribution in [2.24, 2.45) is 0 Å². The number of hydrogen-bond donors (Lipinski definition) is 3. The molecule has 16 heteroatoms. The second-order valence-electron chi connectivity index (χ2n) is 8.51. The largest absolute Gasteiger partial charge is 0.463 e. The average molecular weight is 552 g/mol. The second-order valence-corrected chi connectivity index (χ2v) is 8.51. The zero-order valence-corrected chi connectivity index (χ0v) is 21.4. The Bertz CT molecular complexity index is 891. The Kier molecular flexibility index (Phi) is 10.9. The third kappa shape index (κ3) is 7.58. The van der Waals surface area contributed by atoms with E-state index in [0.717, 1.165) is 34.6 Å². The molecular weight excluding hydrogens is 520 g/mol.